The first-order chi connectivity index (χ1) is 8.45. The Bertz CT molecular complexity index is 436. The highest BCUT2D eigenvalue weighted by Gasteiger charge is 2.49. The zero-order valence-corrected chi connectivity index (χ0v) is 12.6. The van der Waals surface area contributed by atoms with Gasteiger partial charge in [-0.15, -0.1) is 0 Å². The van der Waals surface area contributed by atoms with E-state index in [9.17, 15) is 4.39 Å². The van der Waals surface area contributed by atoms with Crippen LogP contribution in [-0.4, -0.2) is 18.7 Å². The number of benzene rings is 1. The monoisotopic (exact) mass is 315 g/mol. The van der Waals surface area contributed by atoms with Gasteiger partial charge in [-0.2, -0.15) is 0 Å². The molecule has 2 unspecified atom stereocenters. The van der Waals surface area contributed by atoms with Crippen LogP contribution in [0.25, 0.3) is 0 Å². The minimum absolute atomic E-state index is 0.0712. The Morgan fingerprint density at radius 3 is 2.83 bits per heavy atom. The normalized spacial score (nSPS) is 25.6. The first-order valence-electron chi connectivity index (χ1n) is 6.30. The first kappa shape index (κ1) is 13.8. The van der Waals surface area contributed by atoms with E-state index in [4.69, 9.17) is 4.74 Å². The van der Waals surface area contributed by atoms with Crippen LogP contribution in [0.2, 0.25) is 0 Å². The number of halogens is 2. The van der Waals surface area contributed by atoms with E-state index in [-0.39, 0.29) is 17.3 Å². The van der Waals surface area contributed by atoms with Crippen LogP contribution >= 0.6 is 15.9 Å². The Morgan fingerprint density at radius 1 is 1.50 bits per heavy atom. The van der Waals surface area contributed by atoms with Crippen LogP contribution in [0.5, 0.6) is 5.75 Å². The average molecular weight is 316 g/mol. The summed E-state index contributed by atoms with van der Waals surface area (Å²) in [6.45, 7) is 7.43. The molecule has 1 aromatic rings. The predicted octanol–water partition coefficient (Wildman–Crippen LogP) is 3.74. The summed E-state index contributed by atoms with van der Waals surface area (Å²) in [5.74, 6) is 0.316. The molecule has 0 aliphatic heterocycles. The van der Waals surface area contributed by atoms with E-state index in [1.165, 1.54) is 12.1 Å². The van der Waals surface area contributed by atoms with Gasteiger partial charge in [0.1, 0.15) is 17.7 Å². The molecule has 2 rings (SSSR count). The lowest BCUT2D eigenvalue weighted by Crippen LogP contribution is -2.62. The van der Waals surface area contributed by atoms with Gasteiger partial charge in [0.2, 0.25) is 0 Å². The first-order valence-corrected chi connectivity index (χ1v) is 7.09. The van der Waals surface area contributed by atoms with Crippen LogP contribution in [0.4, 0.5) is 4.39 Å². The van der Waals surface area contributed by atoms with Crippen molar-refractivity contribution in [2.75, 3.05) is 6.54 Å². The van der Waals surface area contributed by atoms with Gasteiger partial charge >= 0.3 is 0 Å². The highest BCUT2D eigenvalue weighted by molar-refractivity contribution is 9.10. The van der Waals surface area contributed by atoms with E-state index in [1.54, 1.807) is 6.07 Å². The molecule has 0 bridgehead atoms. The van der Waals surface area contributed by atoms with Crippen LogP contribution < -0.4 is 10.1 Å². The molecule has 1 saturated carbocycles. The highest BCUT2D eigenvalue weighted by atomic mass is 79.9. The SMILES string of the molecule is CCNC1CC(Oc2cc(F)ccc2Br)C1(C)C. The molecule has 0 radical (unpaired) electrons. The summed E-state index contributed by atoms with van der Waals surface area (Å²) in [6, 6.07) is 5.00. The maximum atomic E-state index is 13.2. The maximum Gasteiger partial charge on any atom is 0.136 e. The Hall–Kier alpha value is -0.610. The third-order valence-electron chi connectivity index (χ3n) is 3.79. The number of ether oxygens (including phenoxy) is 1. The maximum absolute atomic E-state index is 13.2. The third-order valence-corrected chi connectivity index (χ3v) is 4.45. The van der Waals surface area contributed by atoms with Crippen molar-refractivity contribution >= 4 is 15.9 Å². The topological polar surface area (TPSA) is 21.3 Å². The van der Waals surface area contributed by atoms with Gasteiger partial charge < -0.3 is 10.1 Å². The smallest absolute Gasteiger partial charge is 0.136 e. The molecule has 1 N–H and O–H groups in total. The molecule has 0 aromatic heterocycles. The summed E-state index contributed by atoms with van der Waals surface area (Å²) >= 11 is 3.39. The van der Waals surface area contributed by atoms with E-state index in [0.29, 0.717) is 11.8 Å². The van der Waals surface area contributed by atoms with Gasteiger partial charge in [0.05, 0.1) is 4.47 Å². The van der Waals surface area contributed by atoms with E-state index < -0.39 is 0 Å². The van der Waals surface area contributed by atoms with E-state index in [1.807, 2.05) is 0 Å². The molecule has 0 amide bonds. The molecule has 1 aliphatic carbocycles. The van der Waals surface area contributed by atoms with Crippen molar-refractivity contribution in [3.05, 3.63) is 28.5 Å². The summed E-state index contributed by atoms with van der Waals surface area (Å²) in [6.07, 6.45) is 1.09. The van der Waals surface area contributed by atoms with Crippen molar-refractivity contribution in [3.63, 3.8) is 0 Å². The molecule has 2 nitrogen and oxygen atoms in total. The second-order valence-electron chi connectivity index (χ2n) is 5.35. The lowest BCUT2D eigenvalue weighted by atomic mass is 9.64. The molecule has 18 heavy (non-hydrogen) atoms. The lowest BCUT2D eigenvalue weighted by molar-refractivity contribution is -0.0546. The van der Waals surface area contributed by atoms with Crippen molar-refractivity contribution in [3.8, 4) is 5.75 Å². The number of nitrogens with one attached hydrogen (secondary N) is 1. The van der Waals surface area contributed by atoms with Gasteiger partial charge in [-0.1, -0.05) is 20.8 Å². The second kappa shape index (κ2) is 5.17. The Kier molecular flexibility index (Phi) is 3.97. The van der Waals surface area contributed by atoms with Crippen LogP contribution in [-0.2, 0) is 0 Å². The fourth-order valence-corrected chi connectivity index (χ4v) is 2.74. The molecule has 0 spiro atoms. The summed E-state index contributed by atoms with van der Waals surface area (Å²) in [5.41, 5.74) is 0.0712. The molecule has 1 fully saturated rings. The van der Waals surface area contributed by atoms with Gasteiger partial charge in [0.25, 0.3) is 0 Å². The summed E-state index contributed by atoms with van der Waals surface area (Å²) in [5, 5.41) is 3.45. The summed E-state index contributed by atoms with van der Waals surface area (Å²) in [7, 11) is 0. The van der Waals surface area contributed by atoms with Crippen molar-refractivity contribution in [2.24, 2.45) is 5.41 Å². The molecule has 100 valence electrons. The zero-order chi connectivity index (χ0) is 13.3. The quantitative estimate of drug-likeness (QED) is 0.913. The van der Waals surface area contributed by atoms with Crippen LogP contribution in [0.3, 0.4) is 0 Å². The highest BCUT2D eigenvalue weighted by Crippen LogP contribution is 2.44. The molecule has 0 saturated heterocycles. The Balaban J connectivity index is 2.05. The average Bonchev–Trinajstić information content (AvgIpc) is 2.32. The molecule has 1 aromatic carbocycles. The van der Waals surface area contributed by atoms with Crippen LogP contribution in [0.15, 0.2) is 22.7 Å². The minimum atomic E-state index is -0.270. The second-order valence-corrected chi connectivity index (χ2v) is 6.20. The number of hydrogen-bond acceptors (Lipinski definition) is 2. The Morgan fingerprint density at radius 2 is 2.22 bits per heavy atom. The molecule has 0 heterocycles. The minimum Gasteiger partial charge on any atom is -0.488 e. The zero-order valence-electron chi connectivity index (χ0n) is 11.0. The van der Waals surface area contributed by atoms with Gasteiger partial charge in [-0.05, 0) is 34.6 Å². The predicted molar refractivity (Wildman–Crippen MR) is 74.4 cm³/mol. The van der Waals surface area contributed by atoms with Gasteiger partial charge in [0.15, 0.2) is 0 Å². The van der Waals surface area contributed by atoms with E-state index in [2.05, 4.69) is 42.0 Å². The van der Waals surface area contributed by atoms with Crippen molar-refractivity contribution in [1.29, 1.82) is 0 Å². The Labute approximate surface area is 116 Å². The standard InChI is InChI=1S/C14H19BrFNO/c1-4-17-12-8-13(14(12,2)3)18-11-7-9(16)5-6-10(11)15/h5-7,12-13,17H,4,8H2,1-3H3. The van der Waals surface area contributed by atoms with Crippen molar-refractivity contribution in [1.82, 2.24) is 5.32 Å². The fourth-order valence-electron chi connectivity index (χ4n) is 2.40. The van der Waals surface area contributed by atoms with Gasteiger partial charge in [-0.25, -0.2) is 4.39 Å². The summed E-state index contributed by atoms with van der Waals surface area (Å²) in [4.78, 5) is 0. The molecule has 2 atom stereocenters. The molecular formula is C14H19BrFNO. The number of rotatable bonds is 4. The molecular weight excluding hydrogens is 297 g/mol. The van der Waals surface area contributed by atoms with Crippen LogP contribution in [0.1, 0.15) is 27.2 Å². The van der Waals surface area contributed by atoms with Gasteiger partial charge in [-0.3, -0.25) is 0 Å². The number of hydrogen-bond donors (Lipinski definition) is 1. The van der Waals surface area contributed by atoms with Crippen LogP contribution in [0, 0.1) is 11.2 Å². The van der Waals surface area contributed by atoms with Gasteiger partial charge in [0, 0.05) is 23.9 Å². The van der Waals surface area contributed by atoms with Crippen molar-refractivity contribution < 1.29 is 9.13 Å². The fraction of sp³-hybridized carbons (Fsp3) is 0.571. The van der Waals surface area contributed by atoms with E-state index >= 15 is 0 Å². The van der Waals surface area contributed by atoms with Crippen molar-refractivity contribution in [2.45, 2.75) is 39.3 Å². The largest absolute Gasteiger partial charge is 0.488 e. The lowest BCUT2D eigenvalue weighted by Gasteiger charge is -2.51. The molecule has 1 aliphatic rings. The van der Waals surface area contributed by atoms with E-state index in [0.717, 1.165) is 17.4 Å². The molecule has 4 heteroatoms. The third kappa shape index (κ3) is 2.54. The summed E-state index contributed by atoms with van der Waals surface area (Å²) < 4.78 is 19.9.